The van der Waals surface area contributed by atoms with Gasteiger partial charge in [0, 0.05) is 33.5 Å². The van der Waals surface area contributed by atoms with E-state index in [0.29, 0.717) is 32.8 Å². The summed E-state index contributed by atoms with van der Waals surface area (Å²) < 4.78 is 11.7. The number of nitrogens with zero attached hydrogens (tertiary/aromatic N) is 2. The highest BCUT2D eigenvalue weighted by atomic mass is 16.5. The summed E-state index contributed by atoms with van der Waals surface area (Å²) in [6.07, 6.45) is 1.69. The molecule has 6 nitrogen and oxygen atoms in total. The second kappa shape index (κ2) is 7.48. The average Bonchev–Trinajstić information content (AvgIpc) is 2.81. The lowest BCUT2D eigenvalue weighted by Gasteiger charge is -2.25. The van der Waals surface area contributed by atoms with Crippen molar-refractivity contribution in [1.29, 1.82) is 0 Å². The Morgan fingerprint density at radius 2 is 2.11 bits per heavy atom. The summed E-state index contributed by atoms with van der Waals surface area (Å²) in [6, 6.07) is 1.83. The van der Waals surface area contributed by atoms with E-state index in [-0.39, 0.29) is 0 Å². The first-order valence-corrected chi connectivity index (χ1v) is 6.05. The van der Waals surface area contributed by atoms with Crippen LogP contribution in [0.15, 0.2) is 12.3 Å². The quantitative estimate of drug-likeness (QED) is 0.608. The maximum atomic E-state index is 10.4. The Morgan fingerprint density at radius 3 is 2.78 bits per heavy atom. The molecule has 0 radical (unpaired) electrons. The first-order chi connectivity index (χ1) is 8.61. The Kier molecular flexibility index (Phi) is 6.28. The molecule has 0 saturated carbocycles. The van der Waals surface area contributed by atoms with Gasteiger partial charge in [-0.1, -0.05) is 0 Å². The van der Waals surface area contributed by atoms with Crippen LogP contribution in [0, 0.1) is 0 Å². The molecule has 0 bridgehead atoms. The zero-order valence-corrected chi connectivity index (χ0v) is 11.3. The third-order valence-electron chi connectivity index (χ3n) is 2.73. The van der Waals surface area contributed by atoms with E-state index < -0.39 is 5.60 Å². The monoisotopic (exact) mass is 257 g/mol. The number of hydrogen-bond donors (Lipinski definition) is 2. The van der Waals surface area contributed by atoms with Crippen LogP contribution >= 0.6 is 0 Å². The molecule has 0 amide bonds. The molecule has 18 heavy (non-hydrogen) atoms. The van der Waals surface area contributed by atoms with Gasteiger partial charge in [0.25, 0.3) is 0 Å². The fourth-order valence-corrected chi connectivity index (χ4v) is 1.74. The molecule has 0 fully saturated rings. The van der Waals surface area contributed by atoms with Gasteiger partial charge < -0.3 is 19.9 Å². The van der Waals surface area contributed by atoms with E-state index in [1.54, 1.807) is 32.0 Å². The molecule has 1 aromatic rings. The molecule has 0 spiro atoms. The summed E-state index contributed by atoms with van der Waals surface area (Å²) in [5.41, 5.74) is -0.178. The maximum Gasteiger partial charge on any atom is 0.116 e. The number of ether oxygens (including phenoxy) is 2. The molecule has 1 atom stereocenters. The van der Waals surface area contributed by atoms with Crippen molar-refractivity contribution in [3.63, 3.8) is 0 Å². The van der Waals surface area contributed by atoms with Crippen LogP contribution in [0.5, 0.6) is 0 Å². The number of aromatic nitrogens is 2. The summed E-state index contributed by atoms with van der Waals surface area (Å²) in [5.74, 6) is 0. The van der Waals surface area contributed by atoms with Gasteiger partial charge in [-0.05, 0) is 13.0 Å². The van der Waals surface area contributed by atoms with Crippen LogP contribution in [0.2, 0.25) is 0 Å². The highest BCUT2D eigenvalue weighted by molar-refractivity contribution is 5.11. The van der Waals surface area contributed by atoms with Crippen LogP contribution in [0.3, 0.4) is 0 Å². The maximum absolute atomic E-state index is 10.4. The molecule has 2 N–H and O–H groups in total. The van der Waals surface area contributed by atoms with Crippen LogP contribution in [0.25, 0.3) is 0 Å². The smallest absolute Gasteiger partial charge is 0.116 e. The van der Waals surface area contributed by atoms with Gasteiger partial charge >= 0.3 is 0 Å². The minimum Gasteiger partial charge on any atom is -0.383 e. The lowest BCUT2D eigenvalue weighted by molar-refractivity contribution is 0.0440. The Hall–Kier alpha value is -0.950. The Bertz CT molecular complexity index is 339. The summed E-state index contributed by atoms with van der Waals surface area (Å²) in [4.78, 5) is 0. The lowest BCUT2D eigenvalue weighted by Crippen LogP contribution is -2.38. The molecule has 1 unspecified atom stereocenters. The molecule has 1 rings (SSSR count). The largest absolute Gasteiger partial charge is 0.383 e. The molecular weight excluding hydrogens is 234 g/mol. The molecule has 0 saturated heterocycles. The Labute approximate surface area is 108 Å². The van der Waals surface area contributed by atoms with Crippen LogP contribution in [-0.2, 0) is 21.6 Å². The van der Waals surface area contributed by atoms with E-state index >= 15 is 0 Å². The topological polar surface area (TPSA) is 68.5 Å². The minimum atomic E-state index is -0.960. The van der Waals surface area contributed by atoms with Crippen molar-refractivity contribution in [1.82, 2.24) is 15.1 Å². The van der Waals surface area contributed by atoms with Crippen molar-refractivity contribution in [2.24, 2.45) is 0 Å². The van der Waals surface area contributed by atoms with Crippen molar-refractivity contribution in [2.75, 3.05) is 40.5 Å². The van der Waals surface area contributed by atoms with Gasteiger partial charge in [-0.15, -0.1) is 0 Å². The Morgan fingerprint density at radius 1 is 1.39 bits per heavy atom. The van der Waals surface area contributed by atoms with E-state index in [4.69, 9.17) is 9.47 Å². The second-order valence-electron chi connectivity index (χ2n) is 4.38. The van der Waals surface area contributed by atoms with Crippen molar-refractivity contribution in [3.05, 3.63) is 18.0 Å². The number of rotatable bonds is 9. The highest BCUT2D eigenvalue weighted by Gasteiger charge is 2.26. The van der Waals surface area contributed by atoms with E-state index in [9.17, 15) is 5.11 Å². The average molecular weight is 257 g/mol. The molecule has 0 aliphatic rings. The van der Waals surface area contributed by atoms with Crippen molar-refractivity contribution in [3.8, 4) is 0 Å². The summed E-state index contributed by atoms with van der Waals surface area (Å²) in [6.45, 7) is 4.76. The molecule has 0 aliphatic heterocycles. The number of hydrogen-bond acceptors (Lipinski definition) is 5. The van der Waals surface area contributed by atoms with Gasteiger partial charge in [0.15, 0.2) is 0 Å². The first-order valence-electron chi connectivity index (χ1n) is 6.05. The zero-order chi connectivity index (χ0) is 13.4. The van der Waals surface area contributed by atoms with E-state index in [1.165, 1.54) is 0 Å². The van der Waals surface area contributed by atoms with Crippen molar-refractivity contribution >= 4 is 0 Å². The molecular formula is C12H23N3O3. The number of nitrogens with one attached hydrogen (secondary N) is 1. The van der Waals surface area contributed by atoms with Gasteiger partial charge in [-0.2, -0.15) is 5.10 Å². The molecule has 0 aromatic carbocycles. The number of methoxy groups -OCH3 is 2. The predicted molar refractivity (Wildman–Crippen MR) is 68.4 cm³/mol. The van der Waals surface area contributed by atoms with Gasteiger partial charge in [0.2, 0.25) is 0 Å². The number of aliphatic hydroxyl groups is 1. The van der Waals surface area contributed by atoms with Gasteiger partial charge in [0.1, 0.15) is 5.60 Å². The third kappa shape index (κ3) is 4.38. The second-order valence-corrected chi connectivity index (χ2v) is 4.38. The van der Waals surface area contributed by atoms with E-state index in [1.807, 2.05) is 6.07 Å². The van der Waals surface area contributed by atoms with Crippen LogP contribution in [0.4, 0.5) is 0 Å². The van der Waals surface area contributed by atoms with Crippen LogP contribution < -0.4 is 5.32 Å². The summed E-state index contributed by atoms with van der Waals surface area (Å²) >= 11 is 0. The third-order valence-corrected chi connectivity index (χ3v) is 2.73. The normalized spacial score (nSPS) is 14.7. The van der Waals surface area contributed by atoms with Crippen molar-refractivity contribution < 1.29 is 14.6 Å². The predicted octanol–water partition coefficient (Wildman–Crippen LogP) is -0.0270. The van der Waals surface area contributed by atoms with Crippen molar-refractivity contribution in [2.45, 2.75) is 19.1 Å². The molecule has 1 aromatic heterocycles. The minimum absolute atomic E-state index is 0.453. The molecule has 0 aliphatic carbocycles. The van der Waals surface area contributed by atoms with Crippen LogP contribution in [0.1, 0.15) is 12.6 Å². The van der Waals surface area contributed by atoms with Gasteiger partial charge in [-0.3, -0.25) is 4.68 Å². The fourth-order valence-electron chi connectivity index (χ4n) is 1.74. The molecule has 104 valence electrons. The molecule has 6 heteroatoms. The highest BCUT2D eigenvalue weighted by Crippen LogP contribution is 2.19. The zero-order valence-electron chi connectivity index (χ0n) is 11.3. The van der Waals surface area contributed by atoms with Crippen LogP contribution in [-0.4, -0.2) is 55.4 Å². The summed E-state index contributed by atoms with van der Waals surface area (Å²) in [5, 5.41) is 17.8. The Balaban J connectivity index is 2.57. The van der Waals surface area contributed by atoms with Gasteiger partial charge in [0.05, 0.1) is 25.5 Å². The summed E-state index contributed by atoms with van der Waals surface area (Å²) in [7, 11) is 3.30. The van der Waals surface area contributed by atoms with Gasteiger partial charge in [-0.25, -0.2) is 0 Å². The SMILES string of the molecule is COCCNCC(C)(O)c1ccnn1CCOC. The lowest BCUT2D eigenvalue weighted by atomic mass is 10.0. The fraction of sp³-hybridized carbons (Fsp3) is 0.750. The standard InChI is InChI=1S/C12H23N3O3/c1-12(16,10-13-6-8-17-2)11-4-5-14-15(11)7-9-18-3/h4-5,13,16H,6-10H2,1-3H3. The van der Waals surface area contributed by atoms with E-state index in [2.05, 4.69) is 10.4 Å². The molecule has 1 heterocycles. The van der Waals surface area contributed by atoms with E-state index in [0.717, 1.165) is 5.69 Å². The first kappa shape index (κ1) is 15.1.